The van der Waals surface area contributed by atoms with E-state index < -0.39 is 11.9 Å². The fraction of sp³-hybridized carbons (Fsp3) is 0.750. The molecule has 1 saturated heterocycles. The van der Waals surface area contributed by atoms with Crippen molar-refractivity contribution in [3.63, 3.8) is 0 Å². The number of carbonyl (C=O) groups is 2. The van der Waals surface area contributed by atoms with Crippen LogP contribution in [-0.4, -0.2) is 47.6 Å². The number of fused-ring (bicyclic) bond motifs is 2. The third-order valence-electron chi connectivity index (χ3n) is 5.60. The van der Waals surface area contributed by atoms with Gasteiger partial charge in [-0.05, 0) is 45.1 Å². The number of hydrogen-bond acceptors (Lipinski definition) is 3. The average Bonchev–Trinajstić information content (AvgIpc) is 3.03. The number of carbonyl (C=O) groups excluding carboxylic acids is 1. The van der Waals surface area contributed by atoms with Crippen LogP contribution in [-0.2, 0) is 9.59 Å². The Morgan fingerprint density at radius 3 is 2.48 bits per heavy atom. The van der Waals surface area contributed by atoms with Crippen molar-refractivity contribution in [2.24, 2.45) is 23.7 Å². The second-order valence-corrected chi connectivity index (χ2v) is 6.90. The number of rotatable bonds is 3. The molecule has 1 heterocycles. The topological polar surface area (TPSA) is 69.6 Å². The maximum atomic E-state index is 12.6. The molecule has 0 spiro atoms. The van der Waals surface area contributed by atoms with Crippen LogP contribution in [0.3, 0.4) is 0 Å². The minimum Gasteiger partial charge on any atom is -0.481 e. The van der Waals surface area contributed by atoms with E-state index in [1.165, 1.54) is 0 Å². The van der Waals surface area contributed by atoms with Crippen molar-refractivity contribution < 1.29 is 14.7 Å². The molecule has 1 aliphatic heterocycles. The van der Waals surface area contributed by atoms with E-state index in [0.717, 1.165) is 25.8 Å². The van der Waals surface area contributed by atoms with Gasteiger partial charge in [0.2, 0.25) is 5.91 Å². The van der Waals surface area contributed by atoms with E-state index in [1.807, 2.05) is 12.2 Å². The molecule has 2 N–H and O–H groups in total. The highest BCUT2D eigenvalue weighted by molar-refractivity contribution is 5.87. The molecular weight excluding hydrogens is 268 g/mol. The molecule has 116 valence electrons. The van der Waals surface area contributed by atoms with Crippen molar-refractivity contribution in [2.45, 2.75) is 38.3 Å². The Labute approximate surface area is 125 Å². The summed E-state index contributed by atoms with van der Waals surface area (Å²) in [5.74, 6) is -1.65. The molecule has 5 nitrogen and oxygen atoms in total. The third-order valence-corrected chi connectivity index (χ3v) is 5.60. The van der Waals surface area contributed by atoms with Crippen molar-refractivity contribution in [3.8, 4) is 0 Å². The van der Waals surface area contributed by atoms with E-state index in [1.54, 1.807) is 0 Å². The molecule has 1 saturated carbocycles. The normalized spacial score (nSPS) is 42.2. The molecule has 6 unspecified atom stereocenters. The highest BCUT2D eigenvalue weighted by Gasteiger charge is 2.51. The van der Waals surface area contributed by atoms with E-state index in [9.17, 15) is 14.7 Å². The van der Waals surface area contributed by atoms with Crippen LogP contribution in [0.5, 0.6) is 0 Å². The SMILES string of the molecule is CC1CC(NC(=O)C2C3C=CC(C3)C2C(=O)O)CCN1C. The van der Waals surface area contributed by atoms with E-state index >= 15 is 0 Å². The van der Waals surface area contributed by atoms with Crippen molar-refractivity contribution >= 4 is 11.9 Å². The van der Waals surface area contributed by atoms with Gasteiger partial charge >= 0.3 is 5.97 Å². The first-order valence-electron chi connectivity index (χ1n) is 7.89. The lowest BCUT2D eigenvalue weighted by atomic mass is 9.82. The highest BCUT2D eigenvalue weighted by Crippen LogP contribution is 2.48. The smallest absolute Gasteiger partial charge is 0.307 e. The number of hydrogen-bond donors (Lipinski definition) is 2. The summed E-state index contributed by atoms with van der Waals surface area (Å²) in [4.78, 5) is 26.4. The summed E-state index contributed by atoms with van der Waals surface area (Å²) in [7, 11) is 2.10. The van der Waals surface area contributed by atoms with Gasteiger partial charge in [0.1, 0.15) is 0 Å². The Kier molecular flexibility index (Phi) is 3.78. The molecule has 0 aromatic carbocycles. The molecule has 0 radical (unpaired) electrons. The van der Waals surface area contributed by atoms with Crippen LogP contribution in [0.4, 0.5) is 0 Å². The van der Waals surface area contributed by atoms with Crippen molar-refractivity contribution in [3.05, 3.63) is 12.2 Å². The number of nitrogens with zero attached hydrogens (tertiary/aromatic N) is 1. The molecular formula is C16H24N2O3. The molecule has 5 heteroatoms. The fourth-order valence-corrected chi connectivity index (χ4v) is 4.23. The largest absolute Gasteiger partial charge is 0.481 e. The second kappa shape index (κ2) is 5.44. The van der Waals surface area contributed by atoms with Crippen LogP contribution < -0.4 is 5.32 Å². The molecule has 21 heavy (non-hydrogen) atoms. The summed E-state index contributed by atoms with van der Waals surface area (Å²) in [5, 5.41) is 12.5. The third kappa shape index (κ3) is 2.59. The van der Waals surface area contributed by atoms with Gasteiger partial charge in [-0.15, -0.1) is 0 Å². The Morgan fingerprint density at radius 2 is 1.86 bits per heavy atom. The molecule has 0 aromatic heterocycles. The molecule has 1 amide bonds. The lowest BCUT2D eigenvalue weighted by Crippen LogP contribution is -2.50. The zero-order valence-electron chi connectivity index (χ0n) is 12.7. The Bertz CT molecular complexity index is 476. The maximum absolute atomic E-state index is 12.6. The second-order valence-electron chi connectivity index (χ2n) is 6.90. The number of amides is 1. The lowest BCUT2D eigenvalue weighted by molar-refractivity contribution is -0.148. The quantitative estimate of drug-likeness (QED) is 0.765. The van der Waals surface area contributed by atoms with Gasteiger partial charge in [-0.2, -0.15) is 0 Å². The number of carboxylic acid groups (broad SMARTS) is 1. The summed E-state index contributed by atoms with van der Waals surface area (Å²) in [6.45, 7) is 3.14. The summed E-state index contributed by atoms with van der Waals surface area (Å²) in [6, 6.07) is 0.639. The van der Waals surface area contributed by atoms with Crippen molar-refractivity contribution in [2.75, 3.05) is 13.6 Å². The number of likely N-dealkylation sites (tertiary alicyclic amines) is 1. The Balaban J connectivity index is 1.65. The van der Waals surface area contributed by atoms with Crippen LogP contribution in [0, 0.1) is 23.7 Å². The van der Waals surface area contributed by atoms with E-state index in [0.29, 0.717) is 6.04 Å². The molecule has 2 fully saturated rings. The lowest BCUT2D eigenvalue weighted by Gasteiger charge is -2.36. The fourth-order valence-electron chi connectivity index (χ4n) is 4.23. The van der Waals surface area contributed by atoms with Crippen molar-refractivity contribution in [1.82, 2.24) is 10.2 Å². The minimum absolute atomic E-state index is 0.0414. The molecule has 3 aliphatic rings. The van der Waals surface area contributed by atoms with Gasteiger partial charge in [0.15, 0.2) is 0 Å². The highest BCUT2D eigenvalue weighted by atomic mass is 16.4. The van der Waals surface area contributed by atoms with Gasteiger partial charge in [-0.1, -0.05) is 12.2 Å². The summed E-state index contributed by atoms with van der Waals surface area (Å²) in [6.07, 6.45) is 6.72. The summed E-state index contributed by atoms with van der Waals surface area (Å²) in [5.41, 5.74) is 0. The van der Waals surface area contributed by atoms with Gasteiger partial charge in [-0.3, -0.25) is 9.59 Å². The number of nitrogens with one attached hydrogen (secondary N) is 1. The van der Waals surface area contributed by atoms with Crippen LogP contribution >= 0.6 is 0 Å². The summed E-state index contributed by atoms with van der Waals surface area (Å²) >= 11 is 0. The van der Waals surface area contributed by atoms with Gasteiger partial charge in [0.05, 0.1) is 11.8 Å². The van der Waals surface area contributed by atoms with Crippen LogP contribution in [0.1, 0.15) is 26.2 Å². The Hall–Kier alpha value is -1.36. The predicted molar refractivity (Wildman–Crippen MR) is 78.6 cm³/mol. The first-order valence-corrected chi connectivity index (χ1v) is 7.89. The van der Waals surface area contributed by atoms with E-state index in [4.69, 9.17) is 0 Å². The first kappa shape index (κ1) is 14.6. The maximum Gasteiger partial charge on any atom is 0.307 e. The monoisotopic (exact) mass is 292 g/mol. The zero-order valence-corrected chi connectivity index (χ0v) is 12.7. The number of allylic oxidation sites excluding steroid dienone is 2. The standard InChI is InChI=1S/C16H24N2O3/c1-9-7-12(5-6-18(9)2)17-15(19)13-10-3-4-11(8-10)14(13)16(20)21/h3-4,9-14H,5-8H2,1-2H3,(H,17,19)(H,20,21). The van der Waals surface area contributed by atoms with Crippen molar-refractivity contribution in [1.29, 1.82) is 0 Å². The molecule has 6 atom stereocenters. The van der Waals surface area contributed by atoms with Gasteiger partial charge in [-0.25, -0.2) is 0 Å². The molecule has 0 aromatic rings. The van der Waals surface area contributed by atoms with Gasteiger partial charge < -0.3 is 15.3 Å². The van der Waals surface area contributed by atoms with E-state index in [2.05, 4.69) is 24.2 Å². The predicted octanol–water partition coefficient (Wildman–Crippen LogP) is 1.11. The minimum atomic E-state index is -0.830. The average molecular weight is 292 g/mol. The Morgan fingerprint density at radius 1 is 1.19 bits per heavy atom. The molecule has 2 bridgehead atoms. The first-order chi connectivity index (χ1) is 9.97. The number of aliphatic carboxylic acids is 1. The van der Waals surface area contributed by atoms with Gasteiger partial charge in [0.25, 0.3) is 0 Å². The number of carboxylic acids is 1. The van der Waals surface area contributed by atoms with Crippen LogP contribution in [0.2, 0.25) is 0 Å². The van der Waals surface area contributed by atoms with E-state index in [-0.39, 0.29) is 29.7 Å². The molecule has 2 aliphatic carbocycles. The zero-order chi connectivity index (χ0) is 15.1. The van der Waals surface area contributed by atoms with Crippen LogP contribution in [0.25, 0.3) is 0 Å². The summed E-state index contributed by atoms with van der Waals surface area (Å²) < 4.78 is 0. The molecule has 3 rings (SSSR count). The number of piperidine rings is 1. The van der Waals surface area contributed by atoms with Gasteiger partial charge in [0, 0.05) is 18.6 Å². The van der Waals surface area contributed by atoms with Crippen LogP contribution in [0.15, 0.2) is 12.2 Å².